The van der Waals surface area contributed by atoms with Crippen LogP contribution >= 0.6 is 0 Å². The molecule has 0 saturated heterocycles. The fourth-order valence-electron chi connectivity index (χ4n) is 9.02. The Bertz CT molecular complexity index is 3260. The Hall–Kier alpha value is -7.42. The first-order valence-electron chi connectivity index (χ1n) is 19.5. The molecule has 2 heterocycles. The summed E-state index contributed by atoms with van der Waals surface area (Å²) in [6.45, 7) is 6.58. The van der Waals surface area contributed by atoms with Gasteiger partial charge < -0.3 is 8.83 Å². The second-order valence-electron chi connectivity index (χ2n) is 14.8. The van der Waals surface area contributed by atoms with E-state index in [1.807, 2.05) is 18.2 Å². The summed E-state index contributed by atoms with van der Waals surface area (Å²) in [5, 5.41) is 9.08. The van der Waals surface area contributed by atoms with Gasteiger partial charge in [-0.2, -0.15) is 0 Å². The summed E-state index contributed by atoms with van der Waals surface area (Å²) in [7, 11) is 0. The Balaban J connectivity index is 1.25. The lowest BCUT2D eigenvalue weighted by molar-refractivity contribution is 0.669. The van der Waals surface area contributed by atoms with Gasteiger partial charge in [-0.05, 0) is 91.2 Å². The second-order valence-corrected chi connectivity index (χ2v) is 14.8. The van der Waals surface area contributed by atoms with Crippen molar-refractivity contribution in [2.24, 2.45) is 0 Å². The van der Waals surface area contributed by atoms with Crippen LogP contribution < -0.4 is 0 Å². The molecule has 9 aromatic carbocycles. The molecule has 2 aromatic heterocycles. The van der Waals surface area contributed by atoms with Gasteiger partial charge in [-0.15, -0.1) is 0 Å². The maximum atomic E-state index is 6.65. The maximum absolute atomic E-state index is 6.65. The van der Waals surface area contributed by atoms with Crippen molar-refractivity contribution in [1.29, 1.82) is 0 Å². The lowest BCUT2D eigenvalue weighted by atomic mass is 9.84. The summed E-state index contributed by atoms with van der Waals surface area (Å²) >= 11 is 0. The molecular weight excluding hydrogens is 693 g/mol. The maximum Gasteiger partial charge on any atom is 0.143 e. The third-order valence-electron chi connectivity index (χ3n) is 11.6. The van der Waals surface area contributed by atoms with E-state index in [1.54, 1.807) is 0 Å². The number of benzene rings is 9. The SMILES string of the molecule is C=Cc1c(/C=C(\C)c2ccccc2)cccc1-c1c2cccc(-c3cccc4c3oc3ccccc34)c2cc2c(-c3cccc4c3oc3ccccc34)cccc12. The molecule has 0 aliphatic heterocycles. The van der Waals surface area contributed by atoms with E-state index in [2.05, 4.69) is 183 Å². The molecule has 0 aliphatic rings. The number of allylic oxidation sites excluding steroid dienone is 1. The van der Waals surface area contributed by atoms with E-state index in [-0.39, 0.29) is 0 Å². The van der Waals surface area contributed by atoms with E-state index in [0.29, 0.717) is 0 Å². The van der Waals surface area contributed by atoms with E-state index in [1.165, 1.54) is 16.7 Å². The zero-order valence-electron chi connectivity index (χ0n) is 31.4. The first kappa shape index (κ1) is 33.0. The summed E-state index contributed by atoms with van der Waals surface area (Å²) in [5.74, 6) is 0. The van der Waals surface area contributed by atoms with Crippen molar-refractivity contribution in [3.8, 4) is 33.4 Å². The molecule has 2 heteroatoms. The number of furan rings is 2. The van der Waals surface area contributed by atoms with Gasteiger partial charge >= 0.3 is 0 Å². The summed E-state index contributed by atoms with van der Waals surface area (Å²) in [5.41, 5.74) is 14.8. The van der Waals surface area contributed by atoms with Gasteiger partial charge in [0.15, 0.2) is 0 Å². The fraction of sp³-hybridized carbons (Fsp3) is 0.0182. The average molecular weight is 729 g/mol. The molecule has 2 nitrogen and oxygen atoms in total. The third-order valence-corrected chi connectivity index (χ3v) is 11.6. The van der Waals surface area contributed by atoms with Crippen LogP contribution in [0.15, 0.2) is 191 Å². The predicted octanol–water partition coefficient (Wildman–Crippen LogP) is 16.0. The molecular formula is C55H36O2. The van der Waals surface area contributed by atoms with E-state index in [4.69, 9.17) is 8.83 Å². The summed E-state index contributed by atoms with van der Waals surface area (Å²) in [4.78, 5) is 0. The van der Waals surface area contributed by atoms with Crippen LogP contribution in [0.1, 0.15) is 23.6 Å². The Morgan fingerprint density at radius 2 is 0.877 bits per heavy atom. The normalized spacial score (nSPS) is 12.1. The molecule has 0 radical (unpaired) electrons. The molecule has 0 unspecified atom stereocenters. The summed E-state index contributed by atoms with van der Waals surface area (Å²) < 4.78 is 13.3. The van der Waals surface area contributed by atoms with E-state index >= 15 is 0 Å². The lowest BCUT2D eigenvalue weighted by Crippen LogP contribution is -1.94. The van der Waals surface area contributed by atoms with Crippen molar-refractivity contribution in [1.82, 2.24) is 0 Å². The molecule has 0 spiro atoms. The molecule has 0 bridgehead atoms. The van der Waals surface area contributed by atoms with Crippen LogP contribution in [0.3, 0.4) is 0 Å². The molecule has 11 aromatic rings. The Morgan fingerprint density at radius 1 is 0.421 bits per heavy atom. The van der Waals surface area contributed by atoms with Crippen LogP contribution in [0, 0.1) is 0 Å². The molecule has 0 fully saturated rings. The largest absolute Gasteiger partial charge is 0.455 e. The topological polar surface area (TPSA) is 26.3 Å². The average Bonchev–Trinajstić information content (AvgIpc) is 3.84. The van der Waals surface area contributed by atoms with E-state index in [9.17, 15) is 0 Å². The fourth-order valence-corrected chi connectivity index (χ4v) is 9.02. The molecule has 57 heavy (non-hydrogen) atoms. The number of para-hydroxylation sites is 4. The van der Waals surface area contributed by atoms with Gasteiger partial charge in [0.2, 0.25) is 0 Å². The zero-order valence-corrected chi connectivity index (χ0v) is 31.4. The van der Waals surface area contributed by atoms with Crippen LogP contribution in [0.4, 0.5) is 0 Å². The quantitative estimate of drug-likeness (QED) is 0.126. The minimum Gasteiger partial charge on any atom is -0.455 e. The number of hydrogen-bond acceptors (Lipinski definition) is 2. The van der Waals surface area contributed by atoms with Crippen molar-refractivity contribution >= 4 is 83.1 Å². The molecule has 0 amide bonds. The monoisotopic (exact) mass is 728 g/mol. The first-order valence-corrected chi connectivity index (χ1v) is 19.5. The van der Waals surface area contributed by atoms with Gasteiger partial charge in [0, 0.05) is 32.7 Å². The van der Waals surface area contributed by atoms with Crippen LogP contribution in [-0.2, 0) is 0 Å². The van der Waals surface area contributed by atoms with Gasteiger partial charge in [-0.1, -0.05) is 176 Å². The van der Waals surface area contributed by atoms with Crippen molar-refractivity contribution in [3.63, 3.8) is 0 Å². The van der Waals surface area contributed by atoms with Gasteiger partial charge in [0.1, 0.15) is 22.3 Å². The summed E-state index contributed by atoms with van der Waals surface area (Å²) in [6, 6.07) is 62.6. The molecule has 0 aliphatic carbocycles. The molecule has 268 valence electrons. The van der Waals surface area contributed by atoms with Crippen LogP contribution in [0.25, 0.3) is 117 Å². The third kappa shape index (κ3) is 5.18. The van der Waals surface area contributed by atoms with Gasteiger partial charge in [0.25, 0.3) is 0 Å². The van der Waals surface area contributed by atoms with Crippen molar-refractivity contribution in [2.45, 2.75) is 6.92 Å². The molecule has 0 N–H and O–H groups in total. The number of hydrogen-bond donors (Lipinski definition) is 0. The van der Waals surface area contributed by atoms with Gasteiger partial charge in [-0.25, -0.2) is 0 Å². The van der Waals surface area contributed by atoms with Gasteiger partial charge in [0.05, 0.1) is 0 Å². The Morgan fingerprint density at radius 3 is 1.44 bits per heavy atom. The summed E-state index contributed by atoms with van der Waals surface area (Å²) in [6.07, 6.45) is 4.30. The molecule has 0 saturated carbocycles. The van der Waals surface area contributed by atoms with Crippen molar-refractivity contribution < 1.29 is 8.83 Å². The minimum absolute atomic E-state index is 0.888. The highest BCUT2D eigenvalue weighted by molar-refractivity contribution is 6.22. The minimum atomic E-state index is 0.888. The lowest BCUT2D eigenvalue weighted by Gasteiger charge is -2.19. The van der Waals surface area contributed by atoms with Crippen LogP contribution in [-0.4, -0.2) is 0 Å². The van der Waals surface area contributed by atoms with Gasteiger partial charge in [-0.3, -0.25) is 0 Å². The zero-order chi connectivity index (χ0) is 38.0. The van der Waals surface area contributed by atoms with Crippen molar-refractivity contribution in [3.05, 3.63) is 199 Å². The first-order chi connectivity index (χ1) is 28.2. The second kappa shape index (κ2) is 13.1. The highest BCUT2D eigenvalue weighted by Gasteiger charge is 2.21. The van der Waals surface area contributed by atoms with Crippen LogP contribution in [0.5, 0.6) is 0 Å². The molecule has 11 rings (SSSR count). The standard InChI is InChI=1S/C55H36O2/c1-3-37-36(32-34(2)35-16-5-4-6-17-35)18-11-23-42(37)53-43-24-12-21-38(45-26-14-28-47-40-19-7-9-30-51(40)56-54(45)47)49(43)33-50-39(22-13-25-44(50)53)46-27-15-29-48-41-20-8-10-31-52(41)57-55(46)48/h3-33H,1H2,2H3/b34-32+. The smallest absolute Gasteiger partial charge is 0.143 e. The Labute approximate surface area is 330 Å². The van der Waals surface area contributed by atoms with E-state index < -0.39 is 0 Å². The highest BCUT2D eigenvalue weighted by Crippen LogP contribution is 2.47. The van der Waals surface area contributed by atoms with Crippen LogP contribution in [0.2, 0.25) is 0 Å². The highest BCUT2D eigenvalue weighted by atomic mass is 16.3. The molecule has 0 atom stereocenters. The number of rotatable bonds is 6. The predicted molar refractivity (Wildman–Crippen MR) is 242 cm³/mol. The number of fused-ring (bicyclic) bond motifs is 8. The van der Waals surface area contributed by atoms with E-state index in [0.717, 1.165) is 104 Å². The van der Waals surface area contributed by atoms with Crippen molar-refractivity contribution in [2.75, 3.05) is 0 Å². The Kier molecular flexibility index (Phi) is 7.58.